The monoisotopic (exact) mass is 238 g/mol. The molecule has 70 valence electrons. The van der Waals surface area contributed by atoms with Crippen molar-refractivity contribution in [2.45, 2.75) is 31.6 Å². The Kier molecular flexibility index (Phi) is 3.05. The van der Waals surface area contributed by atoms with Crippen LogP contribution in [0.5, 0.6) is 0 Å². The summed E-state index contributed by atoms with van der Waals surface area (Å²) in [5, 5.41) is 1.12. The Morgan fingerprint density at radius 2 is 2.08 bits per heavy atom. The molecule has 1 unspecified atom stereocenters. The van der Waals surface area contributed by atoms with E-state index in [0.29, 0.717) is 0 Å². The highest BCUT2D eigenvalue weighted by atomic mass is 79.9. The quantitative estimate of drug-likeness (QED) is 0.515. The van der Waals surface area contributed by atoms with Crippen LogP contribution in [0.3, 0.4) is 0 Å². The molecule has 1 aromatic carbocycles. The van der Waals surface area contributed by atoms with Crippen molar-refractivity contribution >= 4 is 15.9 Å². The number of hydrogen-bond donors (Lipinski definition) is 0. The van der Waals surface area contributed by atoms with Crippen molar-refractivity contribution in [3.05, 3.63) is 35.4 Å². The number of benzene rings is 1. The Morgan fingerprint density at radius 1 is 1.23 bits per heavy atom. The minimum atomic E-state index is 0.749. The zero-order valence-electron chi connectivity index (χ0n) is 7.80. The van der Waals surface area contributed by atoms with Crippen LogP contribution in [-0.4, -0.2) is 5.33 Å². The second-order valence-electron chi connectivity index (χ2n) is 3.80. The zero-order chi connectivity index (χ0) is 9.10. The molecule has 0 aliphatic heterocycles. The fourth-order valence-corrected chi connectivity index (χ4v) is 2.85. The highest BCUT2D eigenvalue weighted by Gasteiger charge is 2.16. The molecule has 1 aliphatic rings. The largest absolute Gasteiger partial charge is 0.0921 e. The average Bonchev–Trinajstić information content (AvgIpc) is 2.39. The van der Waals surface area contributed by atoms with Crippen LogP contribution in [0.1, 0.15) is 36.3 Å². The van der Waals surface area contributed by atoms with Gasteiger partial charge in [-0.1, -0.05) is 46.6 Å². The molecule has 13 heavy (non-hydrogen) atoms. The summed E-state index contributed by atoms with van der Waals surface area (Å²) in [5.41, 5.74) is 3.15. The van der Waals surface area contributed by atoms with Crippen molar-refractivity contribution in [1.29, 1.82) is 0 Å². The molecule has 0 radical (unpaired) electrons. The average molecular weight is 239 g/mol. The lowest BCUT2D eigenvalue weighted by Gasteiger charge is -2.13. The first-order chi connectivity index (χ1) is 6.42. The van der Waals surface area contributed by atoms with Gasteiger partial charge in [-0.3, -0.25) is 0 Å². The van der Waals surface area contributed by atoms with Gasteiger partial charge in [0, 0.05) is 5.33 Å². The molecule has 0 amide bonds. The predicted molar refractivity (Wildman–Crippen MR) is 60.5 cm³/mol. The summed E-state index contributed by atoms with van der Waals surface area (Å²) in [7, 11) is 0. The summed E-state index contributed by atoms with van der Waals surface area (Å²) in [5.74, 6) is 0.749. The molecule has 0 heterocycles. The molecule has 0 saturated heterocycles. The van der Waals surface area contributed by atoms with Crippen molar-refractivity contribution in [1.82, 2.24) is 0 Å². The van der Waals surface area contributed by atoms with Crippen molar-refractivity contribution < 1.29 is 0 Å². The molecule has 0 N–H and O–H groups in total. The van der Waals surface area contributed by atoms with Gasteiger partial charge in [0.15, 0.2) is 0 Å². The molecular weight excluding hydrogens is 224 g/mol. The maximum Gasteiger partial charge on any atom is 0.0100 e. The number of alkyl halides is 1. The van der Waals surface area contributed by atoms with Gasteiger partial charge in [-0.2, -0.15) is 0 Å². The number of fused-ring (bicyclic) bond motifs is 1. The van der Waals surface area contributed by atoms with E-state index in [2.05, 4.69) is 40.2 Å². The lowest BCUT2D eigenvalue weighted by atomic mass is 9.95. The van der Waals surface area contributed by atoms with Crippen LogP contribution >= 0.6 is 15.9 Å². The van der Waals surface area contributed by atoms with E-state index in [9.17, 15) is 0 Å². The van der Waals surface area contributed by atoms with Crippen LogP contribution in [-0.2, 0) is 6.42 Å². The molecule has 1 heteroatoms. The van der Waals surface area contributed by atoms with Gasteiger partial charge in [-0.15, -0.1) is 0 Å². The number of halogens is 1. The van der Waals surface area contributed by atoms with Gasteiger partial charge in [0.05, 0.1) is 0 Å². The third kappa shape index (κ3) is 1.96. The van der Waals surface area contributed by atoms with Gasteiger partial charge >= 0.3 is 0 Å². The van der Waals surface area contributed by atoms with E-state index in [1.165, 1.54) is 25.7 Å². The van der Waals surface area contributed by atoms with Gasteiger partial charge in [-0.25, -0.2) is 0 Å². The highest BCUT2D eigenvalue weighted by molar-refractivity contribution is 9.09. The van der Waals surface area contributed by atoms with Gasteiger partial charge in [0.1, 0.15) is 0 Å². The summed E-state index contributed by atoms with van der Waals surface area (Å²) < 4.78 is 0. The molecule has 1 atom stereocenters. The van der Waals surface area contributed by atoms with E-state index in [0.717, 1.165) is 11.2 Å². The molecule has 0 spiro atoms. The topological polar surface area (TPSA) is 0 Å². The van der Waals surface area contributed by atoms with Crippen molar-refractivity contribution in [3.63, 3.8) is 0 Å². The molecule has 0 saturated carbocycles. The fourth-order valence-electron chi connectivity index (χ4n) is 2.18. The first kappa shape index (κ1) is 9.26. The first-order valence-corrected chi connectivity index (χ1v) is 6.17. The molecule has 0 aromatic heterocycles. The lowest BCUT2D eigenvalue weighted by Crippen LogP contribution is -2.00. The minimum Gasteiger partial charge on any atom is -0.0921 e. The third-order valence-electron chi connectivity index (χ3n) is 2.93. The first-order valence-electron chi connectivity index (χ1n) is 5.05. The SMILES string of the molecule is BrCC1CCCCc2ccccc21. The van der Waals surface area contributed by atoms with Gasteiger partial charge in [-0.05, 0) is 36.3 Å². The van der Waals surface area contributed by atoms with Gasteiger partial charge in [0.2, 0.25) is 0 Å². The lowest BCUT2D eigenvalue weighted by molar-refractivity contribution is 0.643. The van der Waals surface area contributed by atoms with Crippen molar-refractivity contribution in [2.24, 2.45) is 0 Å². The predicted octanol–water partition coefficient (Wildman–Crippen LogP) is 3.89. The fraction of sp³-hybridized carbons (Fsp3) is 0.500. The Bertz CT molecular complexity index is 280. The van der Waals surface area contributed by atoms with Crippen LogP contribution in [0.4, 0.5) is 0 Å². The molecule has 0 fully saturated rings. The van der Waals surface area contributed by atoms with Gasteiger partial charge in [0.25, 0.3) is 0 Å². The standard InChI is InChI=1S/C12H15Br/c13-9-11-7-2-1-5-10-6-3-4-8-12(10)11/h3-4,6,8,11H,1-2,5,7,9H2. The molecular formula is C12H15Br. The number of rotatable bonds is 1. The van der Waals surface area contributed by atoms with E-state index in [1.807, 2.05) is 0 Å². The Morgan fingerprint density at radius 3 is 2.92 bits per heavy atom. The van der Waals surface area contributed by atoms with E-state index >= 15 is 0 Å². The Labute approximate surface area is 88.5 Å². The third-order valence-corrected chi connectivity index (χ3v) is 3.71. The van der Waals surface area contributed by atoms with Crippen LogP contribution in [0.2, 0.25) is 0 Å². The number of aryl methyl sites for hydroxylation is 1. The maximum absolute atomic E-state index is 3.62. The number of hydrogen-bond acceptors (Lipinski definition) is 0. The van der Waals surface area contributed by atoms with E-state index < -0.39 is 0 Å². The molecule has 0 bridgehead atoms. The summed E-state index contributed by atoms with van der Waals surface area (Å²) in [6.45, 7) is 0. The van der Waals surface area contributed by atoms with Gasteiger partial charge < -0.3 is 0 Å². The Hall–Kier alpha value is -0.300. The minimum absolute atomic E-state index is 0.749. The van der Waals surface area contributed by atoms with Crippen LogP contribution < -0.4 is 0 Å². The molecule has 1 aromatic rings. The van der Waals surface area contributed by atoms with Crippen molar-refractivity contribution in [2.75, 3.05) is 5.33 Å². The molecule has 0 nitrogen and oxygen atoms in total. The Balaban J connectivity index is 2.35. The van der Waals surface area contributed by atoms with Crippen LogP contribution in [0.25, 0.3) is 0 Å². The summed E-state index contributed by atoms with van der Waals surface area (Å²) in [6, 6.07) is 8.91. The summed E-state index contributed by atoms with van der Waals surface area (Å²) in [4.78, 5) is 0. The van der Waals surface area contributed by atoms with E-state index in [1.54, 1.807) is 11.1 Å². The summed E-state index contributed by atoms with van der Waals surface area (Å²) >= 11 is 3.62. The zero-order valence-corrected chi connectivity index (χ0v) is 9.39. The molecule has 2 rings (SSSR count). The second kappa shape index (κ2) is 4.28. The summed E-state index contributed by atoms with van der Waals surface area (Å²) in [6.07, 6.45) is 5.37. The highest BCUT2D eigenvalue weighted by Crippen LogP contribution is 2.31. The van der Waals surface area contributed by atoms with Crippen molar-refractivity contribution in [3.8, 4) is 0 Å². The normalized spacial score (nSPS) is 22.1. The van der Waals surface area contributed by atoms with Crippen LogP contribution in [0.15, 0.2) is 24.3 Å². The molecule has 1 aliphatic carbocycles. The maximum atomic E-state index is 3.62. The van der Waals surface area contributed by atoms with E-state index in [-0.39, 0.29) is 0 Å². The smallest absolute Gasteiger partial charge is 0.0100 e. The van der Waals surface area contributed by atoms with Crippen LogP contribution in [0, 0.1) is 0 Å². The second-order valence-corrected chi connectivity index (χ2v) is 4.44. The van der Waals surface area contributed by atoms with E-state index in [4.69, 9.17) is 0 Å².